The first-order chi connectivity index (χ1) is 15.1. The van der Waals surface area contributed by atoms with Crippen LogP contribution in [0.2, 0.25) is 0 Å². The molecule has 1 aromatic heterocycles. The van der Waals surface area contributed by atoms with E-state index in [-0.39, 0.29) is 11.2 Å². The maximum Gasteiger partial charge on any atom is 0.332 e. The first-order valence-electron chi connectivity index (χ1n) is 10.6. The van der Waals surface area contributed by atoms with Crippen molar-refractivity contribution in [3.63, 3.8) is 0 Å². The maximum absolute atomic E-state index is 12.1. The Labute approximate surface area is 188 Å². The van der Waals surface area contributed by atoms with Gasteiger partial charge in [0.1, 0.15) is 11.6 Å². The molecule has 0 spiro atoms. The summed E-state index contributed by atoms with van der Waals surface area (Å²) in [5, 5.41) is 0. The number of piperazine rings is 1. The van der Waals surface area contributed by atoms with Crippen molar-refractivity contribution in [2.45, 2.75) is 12.8 Å². The average molecular weight is 466 g/mol. The minimum Gasteiger partial charge on any atom is -0.494 e. The van der Waals surface area contributed by atoms with E-state index in [0.717, 1.165) is 56.4 Å². The third-order valence-corrected chi connectivity index (χ3v) is 6.08. The summed E-state index contributed by atoms with van der Waals surface area (Å²) in [5.74, 6) is 1.30. The van der Waals surface area contributed by atoms with Crippen LogP contribution >= 0.6 is 0 Å². The summed E-state index contributed by atoms with van der Waals surface area (Å²) in [6, 6.07) is 8.43. The lowest BCUT2D eigenvalue weighted by Gasteiger charge is -2.36. The van der Waals surface area contributed by atoms with E-state index >= 15 is 0 Å². The smallest absolute Gasteiger partial charge is 0.332 e. The molecule has 1 fully saturated rings. The number of rotatable bonds is 9. The number of nitrogens with one attached hydrogen (secondary N) is 1. The van der Waals surface area contributed by atoms with E-state index in [4.69, 9.17) is 4.74 Å². The largest absolute Gasteiger partial charge is 0.494 e. The Kier molecular flexibility index (Phi) is 7.62. The van der Waals surface area contributed by atoms with Gasteiger partial charge in [-0.2, -0.15) is 0 Å². The van der Waals surface area contributed by atoms with E-state index in [9.17, 15) is 18.0 Å². The monoisotopic (exact) mass is 465 g/mol. The molecular weight excluding hydrogens is 434 g/mol. The predicted molar refractivity (Wildman–Crippen MR) is 125 cm³/mol. The van der Waals surface area contributed by atoms with Crippen molar-refractivity contribution in [1.29, 1.82) is 0 Å². The number of sulfonamides is 1. The molecule has 0 radical (unpaired) electrons. The lowest BCUT2D eigenvalue weighted by molar-refractivity contribution is 0.237. The summed E-state index contributed by atoms with van der Waals surface area (Å²) >= 11 is 0. The highest BCUT2D eigenvalue weighted by molar-refractivity contribution is 7.92. The van der Waals surface area contributed by atoms with Crippen LogP contribution in [0.4, 0.5) is 11.5 Å². The molecule has 176 valence electrons. The summed E-state index contributed by atoms with van der Waals surface area (Å²) in [6.45, 7) is 4.75. The van der Waals surface area contributed by atoms with Gasteiger partial charge in [0, 0.05) is 52.4 Å². The quantitative estimate of drug-likeness (QED) is 0.536. The molecule has 1 aromatic carbocycles. The topological polar surface area (TPSA) is 106 Å². The van der Waals surface area contributed by atoms with Gasteiger partial charge in [-0.3, -0.25) is 23.6 Å². The van der Waals surface area contributed by atoms with E-state index in [1.165, 1.54) is 17.7 Å². The standard InChI is InChI=1S/C21H31N5O5S/c1-23-19(16-20(27)24(2)21(23)28)26-12-10-25(11-13-26)9-4-5-14-31-18-8-6-7-17(15-18)22-32(3,29)30/h6-8,15-16,22H,4-5,9-14H2,1-3H3. The fourth-order valence-corrected chi connectivity index (χ4v) is 4.27. The fourth-order valence-electron chi connectivity index (χ4n) is 3.72. The molecular formula is C21H31N5O5S. The van der Waals surface area contributed by atoms with Crippen molar-refractivity contribution in [3.05, 3.63) is 51.2 Å². The molecule has 0 bridgehead atoms. The first-order valence-corrected chi connectivity index (χ1v) is 12.5. The van der Waals surface area contributed by atoms with Crippen molar-refractivity contribution in [3.8, 4) is 5.75 Å². The summed E-state index contributed by atoms with van der Waals surface area (Å²) in [7, 11) is -0.137. The van der Waals surface area contributed by atoms with Gasteiger partial charge in [-0.15, -0.1) is 0 Å². The fraction of sp³-hybridized carbons (Fsp3) is 0.524. The molecule has 0 aliphatic carbocycles. The summed E-state index contributed by atoms with van der Waals surface area (Å²) in [6.07, 6.45) is 2.97. The lowest BCUT2D eigenvalue weighted by Crippen LogP contribution is -2.49. The third kappa shape index (κ3) is 6.36. The third-order valence-electron chi connectivity index (χ3n) is 5.47. The van der Waals surface area contributed by atoms with E-state index in [1.807, 2.05) is 0 Å². The van der Waals surface area contributed by atoms with Crippen LogP contribution < -0.4 is 25.6 Å². The summed E-state index contributed by atoms with van der Waals surface area (Å²) in [5.41, 5.74) is -0.118. The molecule has 11 heteroatoms. The van der Waals surface area contributed by atoms with E-state index in [1.54, 1.807) is 31.3 Å². The van der Waals surface area contributed by atoms with Crippen molar-refractivity contribution in [1.82, 2.24) is 14.0 Å². The van der Waals surface area contributed by atoms with Crippen LogP contribution in [-0.4, -0.2) is 68.0 Å². The molecule has 2 aromatic rings. The minimum atomic E-state index is -3.31. The Hall–Kier alpha value is -2.79. The van der Waals surface area contributed by atoms with Gasteiger partial charge in [-0.1, -0.05) is 6.07 Å². The van der Waals surface area contributed by atoms with Crippen molar-refractivity contribution < 1.29 is 13.2 Å². The summed E-state index contributed by atoms with van der Waals surface area (Å²) < 4.78 is 33.5. The SMILES string of the molecule is Cn1c(N2CCN(CCCCOc3cccc(NS(C)(=O)=O)c3)CC2)cc(=O)n(C)c1=O. The van der Waals surface area contributed by atoms with Gasteiger partial charge >= 0.3 is 5.69 Å². The molecule has 3 rings (SSSR count). The van der Waals surface area contributed by atoms with Crippen LogP contribution in [0, 0.1) is 0 Å². The first kappa shape index (κ1) is 23.9. The van der Waals surface area contributed by atoms with Crippen LogP contribution in [0.3, 0.4) is 0 Å². The van der Waals surface area contributed by atoms with Crippen molar-refractivity contribution >= 4 is 21.5 Å². The van der Waals surface area contributed by atoms with Crippen molar-refractivity contribution in [2.24, 2.45) is 14.1 Å². The second kappa shape index (κ2) is 10.2. The zero-order valence-corrected chi connectivity index (χ0v) is 19.6. The number of unbranched alkanes of at least 4 members (excludes halogenated alkanes) is 1. The van der Waals surface area contributed by atoms with Gasteiger partial charge in [0.05, 0.1) is 18.6 Å². The molecule has 2 heterocycles. The molecule has 32 heavy (non-hydrogen) atoms. The Balaban J connectivity index is 1.40. The van der Waals surface area contributed by atoms with Gasteiger partial charge in [0.2, 0.25) is 10.0 Å². The molecule has 1 saturated heterocycles. The van der Waals surface area contributed by atoms with Gasteiger partial charge in [-0.05, 0) is 31.5 Å². The number of nitrogens with zero attached hydrogens (tertiary/aromatic N) is 4. The van der Waals surface area contributed by atoms with Gasteiger partial charge < -0.3 is 9.64 Å². The molecule has 0 unspecified atom stereocenters. The number of aromatic nitrogens is 2. The lowest BCUT2D eigenvalue weighted by atomic mass is 10.2. The molecule has 1 N–H and O–H groups in total. The molecule has 1 aliphatic rings. The van der Waals surface area contributed by atoms with Crippen LogP contribution in [0.15, 0.2) is 39.9 Å². The Bertz CT molecular complexity index is 1150. The molecule has 1 aliphatic heterocycles. The highest BCUT2D eigenvalue weighted by atomic mass is 32.2. The van der Waals surface area contributed by atoms with Gasteiger partial charge in [0.15, 0.2) is 0 Å². The van der Waals surface area contributed by atoms with Crippen molar-refractivity contribution in [2.75, 3.05) is 55.2 Å². The molecule has 0 amide bonds. The zero-order chi connectivity index (χ0) is 23.3. The summed E-state index contributed by atoms with van der Waals surface area (Å²) in [4.78, 5) is 28.6. The van der Waals surface area contributed by atoms with E-state index in [2.05, 4.69) is 14.5 Å². The molecule has 10 nitrogen and oxygen atoms in total. The second-order valence-corrected chi connectivity index (χ2v) is 9.78. The highest BCUT2D eigenvalue weighted by Crippen LogP contribution is 2.18. The van der Waals surface area contributed by atoms with E-state index in [0.29, 0.717) is 23.9 Å². The van der Waals surface area contributed by atoms with Gasteiger partial charge in [-0.25, -0.2) is 13.2 Å². The number of ether oxygens (including phenoxy) is 1. The van der Waals surface area contributed by atoms with Gasteiger partial charge in [0.25, 0.3) is 5.56 Å². The highest BCUT2D eigenvalue weighted by Gasteiger charge is 2.20. The molecule has 0 atom stereocenters. The van der Waals surface area contributed by atoms with Crippen LogP contribution in [0.1, 0.15) is 12.8 Å². The Morgan fingerprint density at radius 3 is 2.41 bits per heavy atom. The van der Waals surface area contributed by atoms with Crippen LogP contribution in [-0.2, 0) is 24.1 Å². The number of benzene rings is 1. The minimum absolute atomic E-state index is 0.289. The normalized spacial score (nSPS) is 15.0. The predicted octanol–water partition coefficient (Wildman–Crippen LogP) is 0.437. The number of hydrogen-bond acceptors (Lipinski definition) is 7. The van der Waals surface area contributed by atoms with E-state index < -0.39 is 10.0 Å². The second-order valence-electron chi connectivity index (χ2n) is 8.03. The Morgan fingerprint density at radius 1 is 1.00 bits per heavy atom. The number of hydrogen-bond donors (Lipinski definition) is 1. The zero-order valence-electron chi connectivity index (χ0n) is 18.8. The van der Waals surface area contributed by atoms with Crippen LogP contribution in [0.5, 0.6) is 5.75 Å². The molecule has 0 saturated carbocycles. The number of anilines is 2. The Morgan fingerprint density at radius 2 is 1.72 bits per heavy atom. The maximum atomic E-state index is 12.1. The average Bonchev–Trinajstić information content (AvgIpc) is 2.74. The van der Waals surface area contributed by atoms with Crippen LogP contribution in [0.25, 0.3) is 0 Å².